The molecule has 0 aliphatic carbocycles. The lowest BCUT2D eigenvalue weighted by molar-refractivity contribution is -0.274. The molecule has 0 saturated heterocycles. The van der Waals surface area contributed by atoms with E-state index in [4.69, 9.17) is 0 Å². The largest absolute Gasteiger partial charge is 0.573 e. The van der Waals surface area contributed by atoms with E-state index in [-0.39, 0.29) is 11.8 Å². The van der Waals surface area contributed by atoms with Gasteiger partial charge >= 0.3 is 6.36 Å². The summed E-state index contributed by atoms with van der Waals surface area (Å²) in [5.41, 5.74) is 3.58. The van der Waals surface area contributed by atoms with Gasteiger partial charge in [-0.3, -0.25) is 0 Å². The van der Waals surface area contributed by atoms with E-state index in [2.05, 4.69) is 15.0 Å². The van der Waals surface area contributed by atoms with Crippen molar-refractivity contribution in [3.8, 4) is 5.75 Å². The lowest BCUT2D eigenvalue weighted by atomic mass is 10.0. The number of benzene rings is 1. The van der Waals surface area contributed by atoms with E-state index >= 15 is 0 Å². The molecule has 20 heavy (non-hydrogen) atoms. The minimum absolute atomic E-state index is 0.0376. The summed E-state index contributed by atoms with van der Waals surface area (Å²) in [6, 6.07) is 5.92. The highest BCUT2D eigenvalue weighted by Gasteiger charge is 2.30. The first-order chi connectivity index (χ1) is 9.48. The summed E-state index contributed by atoms with van der Waals surface area (Å²) >= 11 is 1.51. The summed E-state index contributed by atoms with van der Waals surface area (Å²) in [5, 5.41) is 5.09. The predicted octanol–water partition coefficient (Wildman–Crippen LogP) is 3.54. The molecule has 1 aromatic heterocycles. The number of hydrogen-bond acceptors (Lipinski definition) is 4. The Morgan fingerprint density at radius 3 is 2.50 bits per heavy atom. The van der Waals surface area contributed by atoms with Crippen LogP contribution in [0.2, 0.25) is 0 Å². The quantitative estimate of drug-likeness (QED) is 0.917. The molecule has 108 valence electrons. The lowest BCUT2D eigenvalue weighted by Crippen LogP contribution is -2.19. The van der Waals surface area contributed by atoms with E-state index < -0.39 is 6.36 Å². The van der Waals surface area contributed by atoms with Gasteiger partial charge in [0.15, 0.2) is 0 Å². The van der Waals surface area contributed by atoms with Gasteiger partial charge in [0.05, 0.1) is 17.2 Å². The molecular formula is C13H13F3N2OS. The van der Waals surface area contributed by atoms with Crippen LogP contribution in [-0.2, 0) is 6.42 Å². The number of aromatic nitrogens is 1. The fourth-order valence-electron chi connectivity index (χ4n) is 1.81. The number of ether oxygens (including phenoxy) is 1. The van der Waals surface area contributed by atoms with E-state index in [1.807, 2.05) is 12.4 Å². The Hall–Kier alpha value is -1.60. The molecule has 0 radical (unpaired) electrons. The van der Waals surface area contributed by atoms with Gasteiger partial charge < -0.3 is 10.1 Å². The van der Waals surface area contributed by atoms with Crippen molar-refractivity contribution in [2.24, 2.45) is 0 Å². The first-order valence-electron chi connectivity index (χ1n) is 5.88. The fourth-order valence-corrected chi connectivity index (χ4v) is 2.42. The summed E-state index contributed by atoms with van der Waals surface area (Å²) < 4.78 is 40.0. The van der Waals surface area contributed by atoms with Gasteiger partial charge in [-0.15, -0.1) is 24.5 Å². The Morgan fingerprint density at radius 2 is 2.00 bits per heavy atom. The zero-order valence-corrected chi connectivity index (χ0v) is 11.5. The van der Waals surface area contributed by atoms with Crippen LogP contribution < -0.4 is 10.1 Å². The maximum Gasteiger partial charge on any atom is 0.573 e. The van der Waals surface area contributed by atoms with E-state index in [9.17, 15) is 13.2 Å². The van der Waals surface area contributed by atoms with Crippen molar-refractivity contribution in [3.05, 3.63) is 46.4 Å². The van der Waals surface area contributed by atoms with Crippen LogP contribution in [0.4, 0.5) is 13.2 Å². The molecule has 3 nitrogen and oxygen atoms in total. The Bertz CT molecular complexity index is 526. The highest BCUT2D eigenvalue weighted by molar-refractivity contribution is 7.07. The predicted molar refractivity (Wildman–Crippen MR) is 70.7 cm³/mol. The second-order valence-corrected chi connectivity index (χ2v) is 4.87. The van der Waals surface area contributed by atoms with Crippen molar-refractivity contribution in [2.45, 2.75) is 18.8 Å². The van der Waals surface area contributed by atoms with Crippen molar-refractivity contribution in [1.29, 1.82) is 0 Å². The average Bonchev–Trinajstić information content (AvgIpc) is 2.90. The Balaban J connectivity index is 2.03. The van der Waals surface area contributed by atoms with Crippen LogP contribution >= 0.6 is 11.3 Å². The Kier molecular flexibility index (Phi) is 4.61. The monoisotopic (exact) mass is 302 g/mol. The molecule has 0 spiro atoms. The maximum atomic E-state index is 12.1. The first kappa shape index (κ1) is 14.8. The van der Waals surface area contributed by atoms with Crippen LogP contribution in [0, 0.1) is 0 Å². The van der Waals surface area contributed by atoms with Gasteiger partial charge in [-0.25, -0.2) is 4.98 Å². The third-order valence-electron chi connectivity index (χ3n) is 2.75. The van der Waals surface area contributed by atoms with Crippen LogP contribution in [0.5, 0.6) is 5.75 Å². The molecule has 1 unspecified atom stereocenters. The van der Waals surface area contributed by atoms with E-state index in [0.717, 1.165) is 11.3 Å². The molecule has 1 N–H and O–H groups in total. The summed E-state index contributed by atoms with van der Waals surface area (Å²) in [6.45, 7) is 0. The van der Waals surface area contributed by atoms with E-state index in [0.29, 0.717) is 6.42 Å². The molecule has 0 fully saturated rings. The number of likely N-dealkylation sites (N-methyl/N-ethyl adjacent to an activating group) is 1. The van der Waals surface area contributed by atoms with Crippen molar-refractivity contribution >= 4 is 11.3 Å². The number of halogens is 3. The minimum atomic E-state index is -4.66. The van der Waals surface area contributed by atoms with Crippen molar-refractivity contribution in [1.82, 2.24) is 10.3 Å². The molecule has 0 amide bonds. The summed E-state index contributed by atoms with van der Waals surface area (Å²) in [6.07, 6.45) is -4.01. The number of nitrogens with zero attached hydrogens (tertiary/aromatic N) is 1. The van der Waals surface area contributed by atoms with Crippen LogP contribution in [0.25, 0.3) is 0 Å². The number of thiazole rings is 1. The highest BCUT2D eigenvalue weighted by Crippen LogP contribution is 2.24. The molecular weight excluding hydrogens is 289 g/mol. The molecule has 2 aromatic rings. The topological polar surface area (TPSA) is 34.1 Å². The van der Waals surface area contributed by atoms with Gasteiger partial charge in [-0.05, 0) is 31.2 Å². The molecule has 2 rings (SSSR count). The van der Waals surface area contributed by atoms with Crippen LogP contribution in [0.1, 0.15) is 17.3 Å². The molecule has 0 saturated carbocycles. The van der Waals surface area contributed by atoms with E-state index in [1.165, 1.54) is 23.5 Å². The number of alkyl halides is 3. The smallest absolute Gasteiger partial charge is 0.406 e. The summed E-state index contributed by atoms with van der Waals surface area (Å²) in [7, 11) is 1.82. The second-order valence-electron chi connectivity index (χ2n) is 4.15. The Morgan fingerprint density at radius 1 is 1.30 bits per heavy atom. The SMILES string of the molecule is CNC(Cc1ccc(OC(F)(F)F)cc1)c1cscn1. The lowest BCUT2D eigenvalue weighted by Gasteiger charge is -2.14. The van der Waals surface area contributed by atoms with Crippen LogP contribution in [-0.4, -0.2) is 18.4 Å². The molecule has 0 aliphatic heterocycles. The molecule has 7 heteroatoms. The zero-order chi connectivity index (χ0) is 14.6. The average molecular weight is 302 g/mol. The van der Waals surface area contributed by atoms with E-state index in [1.54, 1.807) is 17.6 Å². The molecule has 0 bridgehead atoms. The number of hydrogen-bond donors (Lipinski definition) is 1. The second kappa shape index (κ2) is 6.23. The third kappa shape index (κ3) is 4.21. The molecule has 0 aliphatic rings. The van der Waals surface area contributed by atoms with Crippen molar-refractivity contribution < 1.29 is 17.9 Å². The summed E-state index contributed by atoms with van der Waals surface area (Å²) in [5.74, 6) is -0.212. The molecule has 1 aromatic carbocycles. The van der Waals surface area contributed by atoms with Gasteiger partial charge in [-0.1, -0.05) is 12.1 Å². The maximum absolute atomic E-state index is 12.1. The van der Waals surface area contributed by atoms with Gasteiger partial charge in [0.2, 0.25) is 0 Å². The van der Waals surface area contributed by atoms with Crippen molar-refractivity contribution in [3.63, 3.8) is 0 Å². The molecule has 1 heterocycles. The normalized spacial score (nSPS) is 13.2. The first-order valence-corrected chi connectivity index (χ1v) is 6.82. The summed E-state index contributed by atoms with van der Waals surface area (Å²) in [4.78, 5) is 4.23. The van der Waals surface area contributed by atoms with Gasteiger partial charge in [0, 0.05) is 5.38 Å². The van der Waals surface area contributed by atoms with Crippen LogP contribution in [0.15, 0.2) is 35.2 Å². The van der Waals surface area contributed by atoms with Gasteiger partial charge in [0.25, 0.3) is 0 Å². The fraction of sp³-hybridized carbons (Fsp3) is 0.308. The highest BCUT2D eigenvalue weighted by atomic mass is 32.1. The standard InChI is InChI=1S/C13H13F3N2OS/c1-17-11(12-7-20-8-18-12)6-9-2-4-10(5-3-9)19-13(14,15)16/h2-5,7-8,11,17H,6H2,1H3. The number of rotatable bonds is 5. The third-order valence-corrected chi connectivity index (χ3v) is 3.36. The zero-order valence-electron chi connectivity index (χ0n) is 10.6. The molecule has 1 atom stereocenters. The Labute approximate surface area is 118 Å². The van der Waals surface area contributed by atoms with Gasteiger partial charge in [0.1, 0.15) is 5.75 Å². The number of nitrogens with one attached hydrogen (secondary N) is 1. The minimum Gasteiger partial charge on any atom is -0.406 e. The van der Waals surface area contributed by atoms with Gasteiger partial charge in [-0.2, -0.15) is 0 Å². The van der Waals surface area contributed by atoms with Crippen LogP contribution in [0.3, 0.4) is 0 Å². The van der Waals surface area contributed by atoms with Crippen molar-refractivity contribution in [2.75, 3.05) is 7.05 Å².